The molecule has 1 aliphatic carbocycles. The van der Waals surface area contributed by atoms with Gasteiger partial charge in [-0.05, 0) is 61.2 Å². The molecular formula is C39H40N6O17. The Kier molecular flexibility index (Phi) is 15.8. The highest BCUT2D eigenvalue weighted by atomic mass is 16.4. The minimum Gasteiger partial charge on any atom is -0.508 e. The molecular weight excluding hydrogens is 824 g/mol. The third-order valence-electron chi connectivity index (χ3n) is 9.00. The van der Waals surface area contributed by atoms with E-state index >= 15 is 0 Å². The summed E-state index contributed by atoms with van der Waals surface area (Å²) in [6.45, 7) is -0.281. The Labute approximate surface area is 348 Å². The van der Waals surface area contributed by atoms with Crippen molar-refractivity contribution in [2.24, 2.45) is 0 Å². The van der Waals surface area contributed by atoms with Crippen LogP contribution in [0.15, 0.2) is 63.8 Å². The van der Waals surface area contributed by atoms with Crippen LogP contribution in [0.5, 0.6) is 5.75 Å². The van der Waals surface area contributed by atoms with Gasteiger partial charge in [-0.15, -0.1) is 0 Å². The first-order valence-electron chi connectivity index (χ1n) is 18.5. The van der Waals surface area contributed by atoms with Crippen molar-refractivity contribution in [2.75, 3.05) is 18.4 Å². The van der Waals surface area contributed by atoms with Gasteiger partial charge < -0.3 is 67.0 Å². The van der Waals surface area contributed by atoms with Gasteiger partial charge in [0.05, 0.1) is 5.56 Å². The largest absolute Gasteiger partial charge is 0.508 e. The minimum absolute atomic E-state index is 0.0413. The summed E-state index contributed by atoms with van der Waals surface area (Å²) in [6.07, 6.45) is -2.67. The van der Waals surface area contributed by atoms with Gasteiger partial charge in [0.25, 0.3) is 0 Å². The number of carbonyl (C=O) groups excluding carboxylic acids is 4. The maximum absolute atomic E-state index is 12.9. The zero-order chi connectivity index (χ0) is 45.7. The van der Waals surface area contributed by atoms with Crippen molar-refractivity contribution in [3.05, 3.63) is 70.4 Å². The number of rotatable bonds is 21. The summed E-state index contributed by atoms with van der Waals surface area (Å²) >= 11 is 0. The first-order valence-corrected chi connectivity index (χ1v) is 18.5. The van der Waals surface area contributed by atoms with E-state index in [4.69, 9.17) is 14.6 Å². The average Bonchev–Trinajstić information content (AvgIpc) is 3.19. The number of phenolic OH excluding ortho intramolecular Hbond substituents is 1. The van der Waals surface area contributed by atoms with Crippen LogP contribution in [0.3, 0.4) is 0 Å². The Morgan fingerprint density at radius 2 is 1.13 bits per heavy atom. The van der Waals surface area contributed by atoms with Crippen molar-refractivity contribution in [1.29, 1.82) is 0 Å². The molecule has 0 fully saturated rings. The number of carbonyl (C=O) groups is 9. The van der Waals surface area contributed by atoms with Gasteiger partial charge in [0.2, 0.25) is 11.8 Å². The Hall–Kier alpha value is -8.24. The molecule has 4 rings (SSSR count). The second kappa shape index (κ2) is 21.1. The van der Waals surface area contributed by atoms with E-state index in [1.807, 2.05) is 10.6 Å². The van der Waals surface area contributed by atoms with Gasteiger partial charge in [0.15, 0.2) is 5.43 Å². The molecule has 0 unspecified atom stereocenters. The molecule has 0 saturated carbocycles. The summed E-state index contributed by atoms with van der Waals surface area (Å²) < 4.78 is 5.81. The Morgan fingerprint density at radius 1 is 0.597 bits per heavy atom. The zero-order valence-corrected chi connectivity index (χ0v) is 32.3. The van der Waals surface area contributed by atoms with E-state index < -0.39 is 104 Å². The number of hydrogen-bond acceptors (Lipinski definition) is 12. The third kappa shape index (κ3) is 13.1. The predicted octanol–water partition coefficient (Wildman–Crippen LogP) is 1.41. The summed E-state index contributed by atoms with van der Waals surface area (Å²) in [5.74, 6) is -8.64. The van der Waals surface area contributed by atoms with Crippen LogP contribution in [-0.2, 0) is 28.8 Å². The quantitative estimate of drug-likeness (QED) is 0.0416. The molecule has 0 radical (unpaired) electrons. The van der Waals surface area contributed by atoms with Crippen molar-refractivity contribution in [3.63, 3.8) is 0 Å². The molecule has 23 nitrogen and oxygen atoms in total. The summed E-state index contributed by atoms with van der Waals surface area (Å²) in [5, 5.41) is 70.9. The first-order chi connectivity index (χ1) is 29.3. The zero-order valence-electron chi connectivity index (χ0n) is 32.3. The standard InChI is InChI=1S/C39H40N6O17/c46-19-2-5-22-28(16-19)62-29-17-20(47)3-6-23(29)33(22)21-4-1-18(15-24(21)34(52)53)42-38(60)43-25(35(54)55)7-10-30(48)40-13-14-41-31(49)11-8-26(36(56)57)44-39(61)45-27(37(58)59)9-12-32(50)51/h1-6,15-17,25-27,46H,7-14H2,(H,40,48)(H,41,49)(H,50,51)(H,52,53)(H,54,55)(H,56,57)(H,58,59)(H2,42,43,60)(H2,44,45,61)/t25-,26-,27-/m0/s1. The molecule has 23 heteroatoms. The van der Waals surface area contributed by atoms with Crippen LogP contribution in [-0.4, -0.2) is 116 Å². The molecule has 1 aliphatic heterocycles. The van der Waals surface area contributed by atoms with Crippen molar-refractivity contribution < 1.29 is 78.2 Å². The molecule has 0 spiro atoms. The van der Waals surface area contributed by atoms with E-state index in [9.17, 15) is 68.4 Å². The van der Waals surface area contributed by atoms with Crippen LogP contribution in [0, 0.1) is 0 Å². The Balaban J connectivity index is 1.27. The summed E-state index contributed by atoms with van der Waals surface area (Å²) in [6, 6.07) is 4.95. The van der Waals surface area contributed by atoms with E-state index in [1.165, 1.54) is 48.5 Å². The third-order valence-corrected chi connectivity index (χ3v) is 9.00. The lowest BCUT2D eigenvalue weighted by Gasteiger charge is -2.18. The van der Waals surface area contributed by atoms with Crippen LogP contribution < -0.4 is 37.3 Å². The second-order valence-electron chi connectivity index (χ2n) is 13.5. The number of hydrogen-bond donors (Lipinski definition) is 12. The monoisotopic (exact) mass is 864 g/mol. The van der Waals surface area contributed by atoms with Gasteiger partial charge in [-0.25, -0.2) is 28.8 Å². The molecule has 3 atom stereocenters. The number of benzene rings is 3. The highest BCUT2D eigenvalue weighted by Crippen LogP contribution is 2.42. The van der Waals surface area contributed by atoms with Gasteiger partial charge in [-0.1, -0.05) is 6.07 Å². The predicted molar refractivity (Wildman–Crippen MR) is 213 cm³/mol. The van der Waals surface area contributed by atoms with E-state index in [0.717, 1.165) is 6.07 Å². The fraction of sp³-hybridized carbons (Fsp3) is 0.282. The SMILES string of the molecule is O=C(O)CC[C@H](NC(=O)N[C@@H](CCC(=O)NCCNC(=O)CC[C@H](NC(=O)Nc1ccc(-c2c3ccc(=O)cc-3oc3cc(O)ccc23)c(C(=O)O)c1)C(=O)O)C(=O)O)C(=O)O. The molecule has 2 aliphatic rings. The number of anilines is 1. The molecule has 12 N–H and O–H groups in total. The summed E-state index contributed by atoms with van der Waals surface area (Å²) in [4.78, 5) is 120. The van der Waals surface area contributed by atoms with E-state index in [-0.39, 0.29) is 58.8 Å². The second-order valence-corrected chi connectivity index (χ2v) is 13.5. The molecule has 0 saturated heterocycles. The fourth-order valence-corrected chi connectivity index (χ4v) is 6.02. The van der Waals surface area contributed by atoms with Crippen molar-refractivity contribution >= 4 is 70.4 Å². The lowest BCUT2D eigenvalue weighted by molar-refractivity contribution is -0.141. The number of carboxylic acids is 5. The van der Waals surface area contributed by atoms with Crippen molar-refractivity contribution in [3.8, 4) is 28.2 Å². The van der Waals surface area contributed by atoms with Gasteiger partial charge >= 0.3 is 41.9 Å². The Bertz CT molecular complexity index is 2430. The average molecular weight is 865 g/mol. The van der Waals surface area contributed by atoms with Crippen LogP contribution in [0.1, 0.15) is 48.9 Å². The highest BCUT2D eigenvalue weighted by Gasteiger charge is 2.27. The minimum atomic E-state index is -1.62. The van der Waals surface area contributed by atoms with Gasteiger partial charge in [-0.2, -0.15) is 0 Å². The van der Waals surface area contributed by atoms with Crippen molar-refractivity contribution in [2.45, 2.75) is 56.7 Å². The number of phenols is 1. The lowest BCUT2D eigenvalue weighted by atomic mass is 9.90. The topological polar surface area (TPSA) is 377 Å². The van der Waals surface area contributed by atoms with E-state index in [2.05, 4.69) is 21.3 Å². The number of carboxylic acid groups (broad SMARTS) is 5. The number of urea groups is 2. The molecule has 2 aromatic carbocycles. The summed E-state index contributed by atoms with van der Waals surface area (Å²) in [7, 11) is 0. The number of fused-ring (bicyclic) bond motifs is 2. The van der Waals surface area contributed by atoms with E-state index in [0.29, 0.717) is 16.5 Å². The molecule has 1 heterocycles. The molecule has 6 amide bonds. The fourth-order valence-electron chi connectivity index (χ4n) is 6.02. The number of aromatic carboxylic acids is 1. The Morgan fingerprint density at radius 3 is 1.66 bits per heavy atom. The van der Waals surface area contributed by atoms with Gasteiger partial charge in [-0.3, -0.25) is 19.2 Å². The van der Waals surface area contributed by atoms with Crippen LogP contribution in [0.2, 0.25) is 0 Å². The van der Waals surface area contributed by atoms with Crippen LogP contribution in [0.4, 0.5) is 15.3 Å². The summed E-state index contributed by atoms with van der Waals surface area (Å²) in [5.41, 5.74) is 0.361. The smallest absolute Gasteiger partial charge is 0.336 e. The van der Waals surface area contributed by atoms with E-state index in [1.54, 1.807) is 0 Å². The maximum Gasteiger partial charge on any atom is 0.336 e. The molecule has 62 heavy (non-hydrogen) atoms. The normalized spacial score (nSPS) is 12.3. The number of aliphatic carboxylic acids is 4. The van der Waals surface area contributed by atoms with Crippen LogP contribution >= 0.6 is 0 Å². The number of amides is 6. The maximum atomic E-state index is 12.9. The van der Waals surface area contributed by atoms with Gasteiger partial charge in [0, 0.05) is 66.7 Å². The van der Waals surface area contributed by atoms with Crippen LogP contribution in [0.25, 0.3) is 33.4 Å². The number of aromatic hydroxyl groups is 1. The molecule has 0 aromatic heterocycles. The highest BCUT2D eigenvalue weighted by molar-refractivity contribution is 6.08. The lowest BCUT2D eigenvalue weighted by Crippen LogP contribution is -2.51. The first kappa shape index (κ1) is 46.4. The molecule has 328 valence electrons. The molecule has 2 aromatic rings. The van der Waals surface area contributed by atoms with Crippen molar-refractivity contribution in [1.82, 2.24) is 26.6 Å². The molecule has 0 bridgehead atoms. The van der Waals surface area contributed by atoms with Gasteiger partial charge in [0.1, 0.15) is 35.2 Å². The number of nitrogens with one attached hydrogen (secondary N) is 6.